The third-order valence-corrected chi connectivity index (χ3v) is 1.36. The van der Waals surface area contributed by atoms with E-state index in [1.54, 1.807) is 0 Å². The van der Waals surface area contributed by atoms with E-state index in [1.165, 1.54) is 18.4 Å². The van der Waals surface area contributed by atoms with Crippen LogP contribution in [0.2, 0.25) is 0 Å². The maximum atomic E-state index is 3.79. The highest BCUT2D eigenvalue weighted by Crippen LogP contribution is 2.06. The molecule has 0 amide bonds. The summed E-state index contributed by atoms with van der Waals surface area (Å²) in [6.45, 7) is 0.941. The molecule has 0 spiro atoms. The van der Waals surface area contributed by atoms with Crippen LogP contribution in [0.4, 0.5) is 0 Å². The minimum absolute atomic E-state index is 0.941. The molecular weight excluding hydrogens is 98.1 g/mol. The third-order valence-electron chi connectivity index (χ3n) is 1.36. The normalized spacial score (nSPS) is 18.4. The first kappa shape index (κ1) is 5.57. The molecule has 1 aliphatic rings. The molecule has 1 nitrogen and oxygen atoms in total. The molecule has 0 aromatic carbocycles. The van der Waals surface area contributed by atoms with Gasteiger partial charge >= 0.3 is 0 Å². The molecule has 0 bridgehead atoms. The van der Waals surface area contributed by atoms with Crippen LogP contribution in [0.15, 0.2) is 23.8 Å². The molecule has 44 valence electrons. The highest BCUT2D eigenvalue weighted by Gasteiger charge is 1.93. The monoisotopic (exact) mass is 110 g/mol. The third kappa shape index (κ3) is 1.20. The molecule has 0 unspecified atom stereocenters. The number of rotatable bonds is 1. The molecule has 0 radical (unpaired) electrons. The zero-order valence-corrected chi connectivity index (χ0v) is 5.06. The Balaban J connectivity index is 2.51. The van der Waals surface area contributed by atoms with Crippen molar-refractivity contribution in [2.24, 2.45) is 0 Å². The molecule has 1 rings (SSSR count). The minimum Gasteiger partial charge on any atom is -0.354 e. The Morgan fingerprint density at radius 1 is 1.50 bits per heavy atom. The Labute approximate surface area is 49.9 Å². The van der Waals surface area contributed by atoms with Gasteiger partial charge in [0.1, 0.15) is 0 Å². The maximum Gasteiger partial charge on any atom is 0.0994 e. The van der Waals surface area contributed by atoms with Gasteiger partial charge in [-0.3, -0.25) is 0 Å². The lowest BCUT2D eigenvalue weighted by atomic mass is 10.1. The van der Waals surface area contributed by atoms with Gasteiger partial charge in [-0.15, -0.1) is 0 Å². The van der Waals surface area contributed by atoms with Crippen molar-refractivity contribution in [3.63, 3.8) is 0 Å². The highest BCUT2D eigenvalue weighted by molar-refractivity contribution is 5.21. The van der Waals surface area contributed by atoms with Crippen molar-refractivity contribution in [2.45, 2.75) is 12.8 Å². The van der Waals surface area contributed by atoms with E-state index >= 15 is 0 Å². The molecule has 1 heteroatoms. The standard InChI is InChI=1S/C7H11N/c8-6-7-4-2-1-3-5-7/h2,4-5H,1,3,6,8H2/p+1. The zero-order valence-electron chi connectivity index (χ0n) is 5.06. The summed E-state index contributed by atoms with van der Waals surface area (Å²) in [7, 11) is 0. The number of hydrogen-bond acceptors (Lipinski definition) is 0. The van der Waals surface area contributed by atoms with E-state index in [9.17, 15) is 0 Å². The minimum atomic E-state index is 0.941. The fourth-order valence-corrected chi connectivity index (χ4v) is 0.853. The molecule has 0 saturated carbocycles. The smallest absolute Gasteiger partial charge is 0.0994 e. The second-order valence-electron chi connectivity index (χ2n) is 2.01. The Bertz CT molecular complexity index is 122. The first-order chi connectivity index (χ1) is 3.93. The van der Waals surface area contributed by atoms with Crippen LogP contribution in [0.5, 0.6) is 0 Å². The molecule has 0 fully saturated rings. The van der Waals surface area contributed by atoms with E-state index in [0.29, 0.717) is 0 Å². The van der Waals surface area contributed by atoms with Crippen LogP contribution in [0.3, 0.4) is 0 Å². The van der Waals surface area contributed by atoms with Gasteiger partial charge < -0.3 is 5.73 Å². The van der Waals surface area contributed by atoms with Gasteiger partial charge in [0.15, 0.2) is 0 Å². The second kappa shape index (κ2) is 2.68. The maximum absolute atomic E-state index is 3.79. The van der Waals surface area contributed by atoms with Crippen LogP contribution >= 0.6 is 0 Å². The summed E-state index contributed by atoms with van der Waals surface area (Å²) in [5, 5.41) is 0. The van der Waals surface area contributed by atoms with Gasteiger partial charge in [0.25, 0.3) is 0 Å². The molecule has 1 aliphatic carbocycles. The Morgan fingerprint density at radius 3 is 2.75 bits per heavy atom. The fraction of sp³-hybridized carbons (Fsp3) is 0.429. The lowest BCUT2D eigenvalue weighted by molar-refractivity contribution is -0.355. The quantitative estimate of drug-likeness (QED) is 0.509. The summed E-state index contributed by atoms with van der Waals surface area (Å²) >= 11 is 0. The SMILES string of the molecule is [NH3+]CC1=CCCC=C1. The predicted octanol–water partition coefficient (Wildman–Crippen LogP) is 0.505. The molecule has 0 atom stereocenters. The Hall–Kier alpha value is -0.560. The fourth-order valence-electron chi connectivity index (χ4n) is 0.853. The summed E-state index contributed by atoms with van der Waals surface area (Å²) in [5.74, 6) is 0. The van der Waals surface area contributed by atoms with Crippen molar-refractivity contribution in [1.82, 2.24) is 0 Å². The van der Waals surface area contributed by atoms with Gasteiger partial charge in [0.05, 0.1) is 6.54 Å². The van der Waals surface area contributed by atoms with E-state index in [4.69, 9.17) is 0 Å². The van der Waals surface area contributed by atoms with Gasteiger partial charge in [-0.25, -0.2) is 0 Å². The van der Waals surface area contributed by atoms with E-state index < -0.39 is 0 Å². The van der Waals surface area contributed by atoms with Crippen molar-refractivity contribution in [3.8, 4) is 0 Å². The number of quaternary nitrogens is 1. The average Bonchev–Trinajstić information content (AvgIpc) is 1.90. The first-order valence-electron chi connectivity index (χ1n) is 3.08. The van der Waals surface area contributed by atoms with E-state index in [-0.39, 0.29) is 0 Å². The van der Waals surface area contributed by atoms with Gasteiger partial charge in [-0.1, -0.05) is 18.2 Å². The lowest BCUT2D eigenvalue weighted by Gasteiger charge is -1.99. The second-order valence-corrected chi connectivity index (χ2v) is 2.01. The molecule has 0 aliphatic heterocycles. The summed E-state index contributed by atoms with van der Waals surface area (Å²) in [5.41, 5.74) is 5.18. The van der Waals surface area contributed by atoms with Crippen LogP contribution in [0.25, 0.3) is 0 Å². The summed E-state index contributed by atoms with van der Waals surface area (Å²) in [6, 6.07) is 0. The summed E-state index contributed by atoms with van der Waals surface area (Å²) < 4.78 is 0. The predicted molar refractivity (Wildman–Crippen MR) is 34.2 cm³/mol. The van der Waals surface area contributed by atoms with E-state index in [2.05, 4.69) is 24.0 Å². The van der Waals surface area contributed by atoms with E-state index in [1.807, 2.05) is 0 Å². The largest absolute Gasteiger partial charge is 0.354 e. The number of hydrogen-bond donors (Lipinski definition) is 1. The molecular formula is C7H12N+. The van der Waals surface area contributed by atoms with Crippen molar-refractivity contribution in [2.75, 3.05) is 6.54 Å². The summed E-state index contributed by atoms with van der Waals surface area (Å²) in [6.07, 6.45) is 9.05. The summed E-state index contributed by atoms with van der Waals surface area (Å²) in [4.78, 5) is 0. The molecule has 8 heavy (non-hydrogen) atoms. The topological polar surface area (TPSA) is 27.6 Å². The van der Waals surface area contributed by atoms with Crippen LogP contribution in [0, 0.1) is 0 Å². The molecule has 3 N–H and O–H groups in total. The van der Waals surface area contributed by atoms with Crippen LogP contribution < -0.4 is 5.73 Å². The van der Waals surface area contributed by atoms with Crippen LogP contribution in [0.1, 0.15) is 12.8 Å². The zero-order chi connectivity index (χ0) is 5.82. The van der Waals surface area contributed by atoms with Gasteiger partial charge in [-0.05, 0) is 12.8 Å². The van der Waals surface area contributed by atoms with E-state index in [0.717, 1.165) is 6.54 Å². The highest BCUT2D eigenvalue weighted by atomic mass is 14.5. The molecule has 0 saturated heterocycles. The molecule has 0 heterocycles. The Morgan fingerprint density at radius 2 is 2.38 bits per heavy atom. The van der Waals surface area contributed by atoms with Crippen molar-refractivity contribution >= 4 is 0 Å². The van der Waals surface area contributed by atoms with Gasteiger partial charge in [0.2, 0.25) is 0 Å². The Kier molecular flexibility index (Phi) is 1.86. The van der Waals surface area contributed by atoms with Crippen LogP contribution in [-0.4, -0.2) is 6.54 Å². The van der Waals surface area contributed by atoms with Crippen LogP contribution in [-0.2, 0) is 0 Å². The first-order valence-corrected chi connectivity index (χ1v) is 3.08. The van der Waals surface area contributed by atoms with Crippen molar-refractivity contribution < 1.29 is 5.73 Å². The molecule has 0 aromatic rings. The van der Waals surface area contributed by atoms with Crippen molar-refractivity contribution in [3.05, 3.63) is 23.8 Å². The number of allylic oxidation sites excluding steroid dienone is 2. The van der Waals surface area contributed by atoms with Gasteiger partial charge in [0, 0.05) is 5.57 Å². The lowest BCUT2D eigenvalue weighted by Crippen LogP contribution is -2.50. The molecule has 0 aromatic heterocycles. The van der Waals surface area contributed by atoms with Gasteiger partial charge in [-0.2, -0.15) is 0 Å². The van der Waals surface area contributed by atoms with Crippen molar-refractivity contribution in [1.29, 1.82) is 0 Å². The average molecular weight is 110 g/mol.